The molecule has 1 heterocycles. The minimum absolute atomic E-state index is 0.0104. The fourth-order valence-electron chi connectivity index (χ4n) is 5.24. The van der Waals surface area contributed by atoms with Crippen molar-refractivity contribution in [3.8, 4) is 0 Å². The molecule has 6 unspecified atom stereocenters. The van der Waals surface area contributed by atoms with Gasteiger partial charge in [-0.1, -0.05) is 48.5 Å². The van der Waals surface area contributed by atoms with Gasteiger partial charge in [0.25, 0.3) is 5.91 Å². The highest BCUT2D eigenvalue weighted by Gasteiger charge is 2.33. The number of aliphatic hydroxyl groups is 1. The van der Waals surface area contributed by atoms with Gasteiger partial charge >= 0.3 is 6.09 Å². The number of aliphatic hydroxyl groups excluding tert-OH is 1. The van der Waals surface area contributed by atoms with E-state index in [1.54, 1.807) is 32.4 Å². The number of nitrogens with one attached hydrogen (secondary N) is 5. The highest BCUT2D eigenvalue weighted by Crippen LogP contribution is 2.17. The minimum atomic E-state index is -1.28. The van der Waals surface area contributed by atoms with E-state index in [2.05, 4.69) is 31.7 Å². The van der Waals surface area contributed by atoms with Crippen molar-refractivity contribution in [2.24, 2.45) is 23.7 Å². The van der Waals surface area contributed by atoms with Gasteiger partial charge in [0.05, 0.1) is 30.9 Å². The molecule has 0 fully saturated rings. The molecule has 0 aliphatic rings. The fraction of sp³-hybridized carbons (Fsp3) is 0.778. The van der Waals surface area contributed by atoms with Gasteiger partial charge in [-0.2, -0.15) is 5.10 Å². The lowest BCUT2D eigenvalue weighted by Gasteiger charge is -2.30. The molecule has 1 aromatic heterocycles. The highest BCUT2D eigenvalue weighted by molar-refractivity contribution is 5.90. The number of carbonyl (C=O) groups is 5. The van der Waals surface area contributed by atoms with E-state index >= 15 is 0 Å². The van der Waals surface area contributed by atoms with Crippen LogP contribution in [0.5, 0.6) is 0 Å². The van der Waals surface area contributed by atoms with Crippen LogP contribution < -0.4 is 26.6 Å². The third-order valence-corrected chi connectivity index (χ3v) is 7.99. The molecule has 51 heavy (non-hydrogen) atoms. The average molecular weight is 724 g/mol. The van der Waals surface area contributed by atoms with Gasteiger partial charge in [0.2, 0.25) is 17.7 Å². The monoisotopic (exact) mass is 723 g/mol. The molecule has 15 heteroatoms. The Morgan fingerprint density at radius 3 is 1.94 bits per heavy atom. The molecule has 1 rings (SSSR count). The van der Waals surface area contributed by atoms with Crippen molar-refractivity contribution in [2.45, 2.75) is 138 Å². The van der Waals surface area contributed by atoms with Crippen molar-refractivity contribution in [3.05, 3.63) is 17.5 Å². The second-order valence-electron chi connectivity index (χ2n) is 15.6. The molecule has 6 N–H and O–H groups in total. The summed E-state index contributed by atoms with van der Waals surface area (Å²) in [5, 5.41) is 29.5. The van der Waals surface area contributed by atoms with E-state index in [9.17, 15) is 29.1 Å². The van der Waals surface area contributed by atoms with Crippen LogP contribution in [0.25, 0.3) is 0 Å². The topological polar surface area (TPSA) is 202 Å². The maximum atomic E-state index is 13.8. The third-order valence-electron chi connectivity index (χ3n) is 7.99. The normalized spacial score (nSPS) is 15.4. The van der Waals surface area contributed by atoms with Crippen LogP contribution in [0.4, 0.5) is 4.79 Å². The van der Waals surface area contributed by atoms with Crippen LogP contribution >= 0.6 is 0 Å². The van der Waals surface area contributed by atoms with E-state index in [1.165, 1.54) is 7.11 Å². The molecular formula is C36H65N7O8. The summed E-state index contributed by atoms with van der Waals surface area (Å²) in [7, 11) is 1.37. The second-order valence-corrected chi connectivity index (χ2v) is 15.6. The molecular weight excluding hydrogens is 658 g/mol. The number of hydrogen-bond donors (Lipinski definition) is 6. The van der Waals surface area contributed by atoms with Gasteiger partial charge < -0.3 is 41.2 Å². The lowest BCUT2D eigenvalue weighted by molar-refractivity contribution is -0.136. The zero-order valence-electron chi connectivity index (χ0n) is 33.0. The number of nitrogens with zero attached hydrogens (tertiary/aromatic N) is 2. The summed E-state index contributed by atoms with van der Waals surface area (Å²) in [6, 6.07) is -0.969. The highest BCUT2D eigenvalue weighted by atomic mass is 16.6. The molecule has 0 spiro atoms. The number of hydrogen-bond acceptors (Lipinski definition) is 9. The molecule has 0 saturated carbocycles. The van der Waals surface area contributed by atoms with Crippen LogP contribution in [0.15, 0.2) is 6.07 Å². The van der Waals surface area contributed by atoms with Gasteiger partial charge in [-0.15, -0.1) is 0 Å². The van der Waals surface area contributed by atoms with Crippen LogP contribution in [0.3, 0.4) is 0 Å². The summed E-state index contributed by atoms with van der Waals surface area (Å²) in [6.45, 7) is 22.2. The Morgan fingerprint density at radius 2 is 1.45 bits per heavy atom. The van der Waals surface area contributed by atoms with Crippen LogP contribution in [0, 0.1) is 37.5 Å². The van der Waals surface area contributed by atoms with E-state index in [0.717, 1.165) is 11.4 Å². The van der Waals surface area contributed by atoms with Crippen molar-refractivity contribution in [1.29, 1.82) is 0 Å². The van der Waals surface area contributed by atoms with Crippen molar-refractivity contribution >= 4 is 29.7 Å². The van der Waals surface area contributed by atoms with E-state index < -0.39 is 65.7 Å². The van der Waals surface area contributed by atoms with Crippen LogP contribution in [0.1, 0.15) is 93.5 Å². The Bertz CT molecular complexity index is 1290. The number of aromatic nitrogens is 2. The third kappa shape index (κ3) is 16.9. The Kier molecular flexibility index (Phi) is 18.6. The smallest absolute Gasteiger partial charge is 0.407 e. The number of amides is 5. The summed E-state index contributed by atoms with van der Waals surface area (Å²) >= 11 is 0. The second kappa shape index (κ2) is 21.0. The first-order valence-electron chi connectivity index (χ1n) is 17.9. The summed E-state index contributed by atoms with van der Waals surface area (Å²) in [6.07, 6.45) is -2.61. The first kappa shape index (κ1) is 45.3. The van der Waals surface area contributed by atoms with Gasteiger partial charge in [0.15, 0.2) is 6.10 Å². The number of ether oxygens (including phenoxy) is 2. The van der Waals surface area contributed by atoms with Gasteiger partial charge in [0.1, 0.15) is 17.7 Å². The molecule has 0 radical (unpaired) electrons. The number of aryl methyl sites for hydroxylation is 2. The predicted octanol–water partition coefficient (Wildman–Crippen LogP) is 2.36. The van der Waals surface area contributed by atoms with Gasteiger partial charge in [-0.3, -0.25) is 23.9 Å². The zero-order valence-corrected chi connectivity index (χ0v) is 33.0. The van der Waals surface area contributed by atoms with Crippen molar-refractivity contribution in [1.82, 2.24) is 36.4 Å². The molecule has 0 bridgehead atoms. The fourth-order valence-corrected chi connectivity index (χ4v) is 5.24. The molecule has 0 saturated heterocycles. The molecule has 6 atom stereocenters. The van der Waals surface area contributed by atoms with Crippen molar-refractivity contribution in [2.75, 3.05) is 20.2 Å². The Labute approximate surface area is 304 Å². The zero-order chi connectivity index (χ0) is 39.2. The number of rotatable bonds is 20. The number of alkyl carbamates (subject to hydrolysis) is 1. The lowest BCUT2D eigenvalue weighted by Crippen LogP contribution is -2.58. The average Bonchev–Trinajstić information content (AvgIpc) is 3.32. The first-order valence-corrected chi connectivity index (χ1v) is 17.9. The largest absolute Gasteiger partial charge is 0.444 e. The molecule has 5 amide bonds. The maximum Gasteiger partial charge on any atom is 0.407 e. The Hall–Kier alpha value is -3.72. The minimum Gasteiger partial charge on any atom is -0.444 e. The van der Waals surface area contributed by atoms with E-state index in [4.69, 9.17) is 9.47 Å². The van der Waals surface area contributed by atoms with E-state index in [-0.39, 0.29) is 43.2 Å². The molecule has 0 aromatic carbocycles. The predicted molar refractivity (Wildman–Crippen MR) is 194 cm³/mol. The van der Waals surface area contributed by atoms with Gasteiger partial charge in [0, 0.05) is 25.3 Å². The summed E-state index contributed by atoms with van der Waals surface area (Å²) in [5.41, 5.74) is 0.801. The molecule has 1 aromatic rings. The van der Waals surface area contributed by atoms with Gasteiger partial charge in [-0.05, 0) is 71.3 Å². The summed E-state index contributed by atoms with van der Waals surface area (Å²) in [4.78, 5) is 65.8. The van der Waals surface area contributed by atoms with Crippen LogP contribution in [-0.4, -0.2) is 101 Å². The number of methoxy groups -OCH3 is 1. The first-order chi connectivity index (χ1) is 23.5. The number of carbonyl (C=O) groups excluding carboxylic acids is 5. The van der Waals surface area contributed by atoms with Crippen molar-refractivity contribution in [3.63, 3.8) is 0 Å². The Balaban J connectivity index is 3.17. The van der Waals surface area contributed by atoms with E-state index in [1.807, 2.05) is 61.5 Å². The molecule has 292 valence electrons. The molecule has 0 aliphatic carbocycles. The molecule has 0 aliphatic heterocycles. The van der Waals surface area contributed by atoms with Crippen molar-refractivity contribution < 1.29 is 38.6 Å². The quantitative estimate of drug-likeness (QED) is 0.117. The lowest BCUT2D eigenvalue weighted by atomic mass is 9.91. The molecule has 15 nitrogen and oxygen atoms in total. The SMILES string of the molecule is COC(Cn1nc(C)cc1C)C(=O)NC(CNC(=O)OC(C)(C)C)C(=O)NC(CC(C)C)C(O)CC(C)C(=O)NC(C(=O)NCC(C)C)C(C)C. The Morgan fingerprint density at radius 1 is 0.824 bits per heavy atom. The maximum absolute atomic E-state index is 13.8. The van der Waals surface area contributed by atoms with E-state index in [0.29, 0.717) is 13.0 Å². The van der Waals surface area contributed by atoms with Gasteiger partial charge in [-0.25, -0.2) is 4.79 Å². The van der Waals surface area contributed by atoms with Crippen LogP contribution in [-0.2, 0) is 35.2 Å². The standard InChI is InChI=1S/C36H65N7O8/c1-20(2)14-26(28(44)15-23(7)31(45)41-30(22(5)6)34(48)37-17-21(3)4)39-32(46)27(18-38-35(49)51-36(10,11)12)40-33(47)29(50-13)19-43-25(9)16-24(8)42-43/h16,20-23,26-30,44H,14-15,17-19H2,1-13H3,(H,37,48)(H,38,49)(H,39,46)(H,40,47)(H,41,45). The summed E-state index contributed by atoms with van der Waals surface area (Å²) in [5.74, 6) is -2.54. The van der Waals surface area contributed by atoms with Crippen LogP contribution in [0.2, 0.25) is 0 Å². The summed E-state index contributed by atoms with van der Waals surface area (Å²) < 4.78 is 12.4.